The van der Waals surface area contributed by atoms with Crippen molar-refractivity contribution >= 4 is 17.3 Å². The van der Waals surface area contributed by atoms with Crippen LogP contribution in [0.2, 0.25) is 0 Å². The first kappa shape index (κ1) is 18.4. The Morgan fingerprint density at radius 2 is 2.04 bits per heavy atom. The van der Waals surface area contributed by atoms with Crippen molar-refractivity contribution in [2.75, 3.05) is 26.0 Å². The number of nitrogens with one attached hydrogen (secondary N) is 1. The average molecular weight is 343 g/mol. The summed E-state index contributed by atoms with van der Waals surface area (Å²) < 4.78 is 5.19. The van der Waals surface area contributed by atoms with Gasteiger partial charge in [-0.05, 0) is 37.2 Å². The molecule has 1 amide bonds. The molecule has 0 radical (unpaired) electrons. The van der Waals surface area contributed by atoms with E-state index in [2.05, 4.69) is 5.32 Å². The Morgan fingerprint density at radius 3 is 2.72 bits per heavy atom. The zero-order valence-electron chi connectivity index (χ0n) is 14.5. The van der Waals surface area contributed by atoms with Crippen LogP contribution < -0.4 is 10.1 Å². The number of rotatable bonds is 7. The molecule has 132 valence electrons. The molecule has 0 fully saturated rings. The first-order chi connectivity index (χ1) is 11.9. The van der Waals surface area contributed by atoms with Crippen LogP contribution in [-0.4, -0.2) is 36.4 Å². The van der Waals surface area contributed by atoms with Crippen molar-refractivity contribution in [1.82, 2.24) is 4.90 Å². The Bertz CT molecular complexity index is 777. The van der Waals surface area contributed by atoms with E-state index in [1.165, 1.54) is 12.1 Å². The van der Waals surface area contributed by atoms with Gasteiger partial charge in [0.2, 0.25) is 5.91 Å². The van der Waals surface area contributed by atoms with E-state index in [-0.39, 0.29) is 18.1 Å². The minimum Gasteiger partial charge on any atom is -0.497 e. The van der Waals surface area contributed by atoms with Crippen LogP contribution in [0.25, 0.3) is 0 Å². The molecule has 1 N–H and O–H groups in total. The fourth-order valence-corrected chi connectivity index (χ4v) is 2.43. The molecule has 0 aliphatic heterocycles. The van der Waals surface area contributed by atoms with E-state index in [1.54, 1.807) is 20.1 Å². The zero-order valence-corrected chi connectivity index (χ0v) is 14.5. The molecule has 25 heavy (non-hydrogen) atoms. The molecule has 2 aromatic carbocycles. The first-order valence-electron chi connectivity index (χ1n) is 7.75. The van der Waals surface area contributed by atoms with Crippen LogP contribution in [0.1, 0.15) is 11.1 Å². The van der Waals surface area contributed by atoms with Crippen molar-refractivity contribution in [1.29, 1.82) is 0 Å². The number of likely N-dealkylation sites (N-methyl/N-ethyl adjacent to an activating group) is 1. The average Bonchev–Trinajstić information content (AvgIpc) is 2.56. The molecule has 0 aliphatic rings. The molecule has 0 unspecified atom stereocenters. The van der Waals surface area contributed by atoms with Gasteiger partial charge in [-0.25, -0.2) is 0 Å². The number of nitro groups is 1. The molecular weight excluding hydrogens is 322 g/mol. The van der Waals surface area contributed by atoms with E-state index >= 15 is 0 Å². The fourth-order valence-electron chi connectivity index (χ4n) is 2.43. The lowest BCUT2D eigenvalue weighted by Crippen LogP contribution is -2.30. The third-order valence-electron chi connectivity index (χ3n) is 3.71. The molecule has 0 saturated carbocycles. The molecule has 7 heteroatoms. The van der Waals surface area contributed by atoms with E-state index in [9.17, 15) is 14.9 Å². The second-order valence-electron chi connectivity index (χ2n) is 5.83. The Balaban J connectivity index is 1.97. The van der Waals surface area contributed by atoms with E-state index in [4.69, 9.17) is 4.74 Å². The summed E-state index contributed by atoms with van der Waals surface area (Å²) in [7, 11) is 3.44. The van der Waals surface area contributed by atoms with E-state index in [0.29, 0.717) is 12.2 Å². The van der Waals surface area contributed by atoms with Gasteiger partial charge < -0.3 is 10.1 Å². The lowest BCUT2D eigenvalue weighted by Gasteiger charge is -2.17. The molecule has 0 aliphatic carbocycles. The van der Waals surface area contributed by atoms with Crippen molar-refractivity contribution in [2.24, 2.45) is 0 Å². The number of nitro benzene ring substituents is 1. The van der Waals surface area contributed by atoms with Gasteiger partial charge in [-0.2, -0.15) is 0 Å². The molecule has 0 spiro atoms. The topological polar surface area (TPSA) is 84.7 Å². The second-order valence-corrected chi connectivity index (χ2v) is 5.83. The molecule has 2 aromatic rings. The van der Waals surface area contributed by atoms with Crippen LogP contribution in [0.3, 0.4) is 0 Å². The van der Waals surface area contributed by atoms with E-state index in [0.717, 1.165) is 16.9 Å². The van der Waals surface area contributed by atoms with Crippen molar-refractivity contribution in [3.8, 4) is 5.75 Å². The molecule has 0 heterocycles. The molecule has 0 atom stereocenters. The Hall–Kier alpha value is -2.93. The number of anilines is 1. The standard InChI is InChI=1S/C18H21N3O4/c1-13-7-8-15(21(23)24)10-17(13)19-18(22)12-20(2)11-14-5-4-6-16(9-14)25-3/h4-10H,11-12H2,1-3H3,(H,19,22). The normalized spacial score (nSPS) is 10.6. The number of carbonyl (C=O) groups is 1. The number of ether oxygens (including phenoxy) is 1. The maximum atomic E-state index is 12.2. The second kappa shape index (κ2) is 8.25. The largest absolute Gasteiger partial charge is 0.497 e. The molecule has 2 rings (SSSR count). The minimum atomic E-state index is -0.482. The lowest BCUT2D eigenvalue weighted by molar-refractivity contribution is -0.384. The maximum absolute atomic E-state index is 12.2. The van der Waals surface area contributed by atoms with Crippen molar-refractivity contribution in [3.05, 3.63) is 63.7 Å². The van der Waals surface area contributed by atoms with Gasteiger partial charge in [-0.1, -0.05) is 18.2 Å². The Morgan fingerprint density at radius 1 is 1.28 bits per heavy atom. The van der Waals surface area contributed by atoms with E-state index < -0.39 is 4.92 Å². The summed E-state index contributed by atoms with van der Waals surface area (Å²) in [6.07, 6.45) is 0. The van der Waals surface area contributed by atoms with Gasteiger partial charge >= 0.3 is 0 Å². The third kappa shape index (κ3) is 5.29. The predicted molar refractivity (Wildman–Crippen MR) is 95.8 cm³/mol. The summed E-state index contributed by atoms with van der Waals surface area (Å²) in [4.78, 5) is 24.5. The summed E-state index contributed by atoms with van der Waals surface area (Å²) >= 11 is 0. The summed E-state index contributed by atoms with van der Waals surface area (Å²) in [5, 5.41) is 13.6. The van der Waals surface area contributed by atoms with Gasteiger partial charge in [0, 0.05) is 18.7 Å². The Kier molecular flexibility index (Phi) is 6.08. The SMILES string of the molecule is COc1cccc(CN(C)CC(=O)Nc2cc([N+](=O)[O-])ccc2C)c1. The summed E-state index contributed by atoms with van der Waals surface area (Å²) in [5.74, 6) is 0.538. The number of hydrogen-bond acceptors (Lipinski definition) is 5. The third-order valence-corrected chi connectivity index (χ3v) is 3.71. The van der Waals surface area contributed by atoms with Crippen LogP contribution in [0, 0.1) is 17.0 Å². The number of non-ortho nitro benzene ring substituents is 1. The lowest BCUT2D eigenvalue weighted by atomic mass is 10.2. The van der Waals surface area contributed by atoms with Crippen LogP contribution >= 0.6 is 0 Å². The van der Waals surface area contributed by atoms with Crippen LogP contribution in [0.15, 0.2) is 42.5 Å². The molecule has 0 bridgehead atoms. The van der Waals surface area contributed by atoms with Gasteiger partial charge in [0.25, 0.3) is 5.69 Å². The smallest absolute Gasteiger partial charge is 0.271 e. The van der Waals surface area contributed by atoms with Crippen LogP contribution in [0.4, 0.5) is 11.4 Å². The summed E-state index contributed by atoms with van der Waals surface area (Å²) in [6, 6.07) is 12.0. The number of benzene rings is 2. The number of hydrogen-bond donors (Lipinski definition) is 1. The maximum Gasteiger partial charge on any atom is 0.271 e. The molecular formula is C18H21N3O4. The summed E-state index contributed by atoms with van der Waals surface area (Å²) in [6.45, 7) is 2.54. The fraction of sp³-hybridized carbons (Fsp3) is 0.278. The highest BCUT2D eigenvalue weighted by atomic mass is 16.6. The van der Waals surface area contributed by atoms with Crippen molar-refractivity contribution < 1.29 is 14.5 Å². The highest BCUT2D eigenvalue weighted by molar-refractivity contribution is 5.93. The van der Waals surface area contributed by atoms with E-state index in [1.807, 2.05) is 36.2 Å². The van der Waals surface area contributed by atoms with Gasteiger partial charge in [0.1, 0.15) is 5.75 Å². The number of methoxy groups -OCH3 is 1. The minimum absolute atomic E-state index is 0.0503. The molecule has 7 nitrogen and oxygen atoms in total. The van der Waals surface area contributed by atoms with Crippen LogP contribution in [0.5, 0.6) is 5.75 Å². The zero-order chi connectivity index (χ0) is 18.4. The number of aryl methyl sites for hydroxylation is 1. The first-order valence-corrected chi connectivity index (χ1v) is 7.75. The molecule has 0 saturated heterocycles. The van der Waals surface area contributed by atoms with Crippen LogP contribution in [-0.2, 0) is 11.3 Å². The van der Waals surface area contributed by atoms with Gasteiger partial charge in [-0.15, -0.1) is 0 Å². The van der Waals surface area contributed by atoms with Crippen molar-refractivity contribution in [3.63, 3.8) is 0 Å². The van der Waals surface area contributed by atoms with Gasteiger partial charge in [0.05, 0.1) is 24.3 Å². The highest BCUT2D eigenvalue weighted by Crippen LogP contribution is 2.22. The number of amides is 1. The van der Waals surface area contributed by atoms with Gasteiger partial charge in [0.15, 0.2) is 0 Å². The quantitative estimate of drug-likeness (QED) is 0.617. The Labute approximate surface area is 146 Å². The summed E-state index contributed by atoms with van der Waals surface area (Å²) in [5.41, 5.74) is 2.20. The number of nitrogens with zero attached hydrogens (tertiary/aromatic N) is 2. The number of carbonyl (C=O) groups excluding carboxylic acids is 1. The molecule has 0 aromatic heterocycles. The monoisotopic (exact) mass is 343 g/mol. The highest BCUT2D eigenvalue weighted by Gasteiger charge is 2.13. The van der Waals surface area contributed by atoms with Gasteiger partial charge in [-0.3, -0.25) is 19.8 Å². The predicted octanol–water partition coefficient (Wildman–Crippen LogP) is 2.98. The van der Waals surface area contributed by atoms with Crippen molar-refractivity contribution in [2.45, 2.75) is 13.5 Å².